The van der Waals surface area contributed by atoms with Crippen molar-refractivity contribution in [2.24, 2.45) is 0 Å². The molecule has 0 spiro atoms. The number of nitrogens with one attached hydrogen (secondary N) is 1. The molecule has 0 aliphatic carbocycles. The van der Waals surface area contributed by atoms with Crippen LogP contribution in [0.25, 0.3) is 0 Å². The number of carbonyl (C=O) groups is 2. The zero-order valence-electron chi connectivity index (χ0n) is 14.5. The molecule has 1 N–H and O–H groups in total. The molecule has 2 aromatic carbocycles. The lowest BCUT2D eigenvalue weighted by Crippen LogP contribution is -2.21. The predicted molar refractivity (Wildman–Crippen MR) is 94.1 cm³/mol. The third kappa shape index (κ3) is 4.05. The van der Waals surface area contributed by atoms with Gasteiger partial charge in [0.2, 0.25) is 5.75 Å². The van der Waals surface area contributed by atoms with E-state index in [2.05, 4.69) is 5.32 Å². The third-order valence-corrected chi connectivity index (χ3v) is 3.70. The molecule has 3 rings (SSSR count). The van der Waals surface area contributed by atoms with Gasteiger partial charge in [-0.1, -0.05) is 12.1 Å². The second-order valence-electron chi connectivity index (χ2n) is 5.70. The lowest BCUT2D eigenvalue weighted by molar-refractivity contribution is -0.119. The Labute approximate surface area is 150 Å². The van der Waals surface area contributed by atoms with E-state index in [9.17, 15) is 9.59 Å². The number of fused-ring (bicyclic) bond motifs is 1. The average Bonchev–Trinajstić information content (AvgIpc) is 2.65. The Kier molecular flexibility index (Phi) is 5.26. The number of esters is 1. The molecule has 0 bridgehead atoms. The van der Waals surface area contributed by atoms with Gasteiger partial charge in [-0.3, -0.25) is 4.79 Å². The fourth-order valence-corrected chi connectivity index (χ4v) is 2.53. The largest absolute Gasteiger partial charge is 0.493 e. The minimum absolute atomic E-state index is 0.217. The van der Waals surface area contributed by atoms with Gasteiger partial charge in [0, 0.05) is 5.69 Å². The van der Waals surface area contributed by atoms with E-state index in [1.165, 1.54) is 19.2 Å². The number of aryl methyl sites for hydroxylation is 1. The second kappa shape index (κ2) is 7.77. The number of benzene rings is 2. The molecule has 0 fully saturated rings. The number of ether oxygens (including phenoxy) is 4. The molecule has 26 heavy (non-hydrogen) atoms. The second-order valence-corrected chi connectivity index (χ2v) is 5.70. The minimum Gasteiger partial charge on any atom is -0.493 e. The van der Waals surface area contributed by atoms with Crippen molar-refractivity contribution in [3.8, 4) is 17.2 Å². The van der Waals surface area contributed by atoms with Gasteiger partial charge in [-0.2, -0.15) is 0 Å². The van der Waals surface area contributed by atoms with E-state index >= 15 is 0 Å². The van der Waals surface area contributed by atoms with Gasteiger partial charge in [0.15, 0.2) is 18.1 Å². The smallest absolute Gasteiger partial charge is 0.338 e. The van der Waals surface area contributed by atoms with E-state index in [-0.39, 0.29) is 5.56 Å². The highest BCUT2D eigenvalue weighted by molar-refractivity contribution is 5.96. The molecular weight excluding hydrogens is 338 g/mol. The lowest BCUT2D eigenvalue weighted by Gasteiger charge is -2.21. The highest BCUT2D eigenvalue weighted by Gasteiger charge is 2.22. The summed E-state index contributed by atoms with van der Waals surface area (Å²) in [6, 6.07) is 10.3. The molecule has 0 unspecified atom stereocenters. The van der Waals surface area contributed by atoms with E-state index in [4.69, 9.17) is 18.9 Å². The summed E-state index contributed by atoms with van der Waals surface area (Å²) in [5.41, 5.74) is 1.88. The molecule has 0 saturated carbocycles. The maximum absolute atomic E-state index is 12.3. The van der Waals surface area contributed by atoms with E-state index in [1.807, 2.05) is 25.1 Å². The van der Waals surface area contributed by atoms with Crippen LogP contribution in [0.15, 0.2) is 36.4 Å². The molecule has 1 amide bonds. The number of methoxy groups -OCH3 is 1. The quantitative estimate of drug-likeness (QED) is 0.828. The van der Waals surface area contributed by atoms with E-state index in [0.29, 0.717) is 36.1 Å². The first-order valence-electron chi connectivity index (χ1n) is 8.08. The summed E-state index contributed by atoms with van der Waals surface area (Å²) in [5.74, 6) is 0.158. The topological polar surface area (TPSA) is 83.1 Å². The average molecular weight is 357 g/mol. The summed E-state index contributed by atoms with van der Waals surface area (Å²) in [5, 5.41) is 2.68. The molecule has 0 aromatic heterocycles. The summed E-state index contributed by atoms with van der Waals surface area (Å²) in [4.78, 5) is 24.2. The summed E-state index contributed by atoms with van der Waals surface area (Å²) in [6.45, 7) is 2.31. The molecule has 0 saturated heterocycles. The van der Waals surface area contributed by atoms with Gasteiger partial charge in [-0.05, 0) is 36.8 Å². The van der Waals surface area contributed by atoms with Gasteiger partial charge in [0.1, 0.15) is 13.2 Å². The minimum atomic E-state index is -0.653. The van der Waals surface area contributed by atoms with Crippen LogP contribution in [-0.4, -0.2) is 38.8 Å². The standard InChI is InChI=1S/C19H19NO6/c1-12-4-3-5-14(8-12)20-17(21)11-26-19(22)13-9-15(23-2)18-16(10-13)24-6-7-25-18/h3-5,8-10H,6-7,11H2,1-2H3,(H,20,21). The monoisotopic (exact) mass is 357 g/mol. The molecule has 0 atom stereocenters. The molecular formula is C19H19NO6. The Morgan fingerprint density at radius 1 is 1.15 bits per heavy atom. The van der Waals surface area contributed by atoms with Crippen LogP contribution >= 0.6 is 0 Å². The third-order valence-electron chi connectivity index (χ3n) is 3.70. The van der Waals surface area contributed by atoms with Crippen LogP contribution in [0.2, 0.25) is 0 Å². The zero-order chi connectivity index (χ0) is 18.5. The maximum atomic E-state index is 12.3. The highest BCUT2D eigenvalue weighted by atomic mass is 16.6. The zero-order valence-corrected chi connectivity index (χ0v) is 14.5. The van der Waals surface area contributed by atoms with Crippen LogP contribution in [0.5, 0.6) is 17.2 Å². The molecule has 1 aliphatic rings. The number of carbonyl (C=O) groups excluding carboxylic acids is 2. The summed E-state index contributed by atoms with van der Waals surface area (Å²) in [7, 11) is 1.47. The predicted octanol–water partition coefficient (Wildman–Crippen LogP) is 2.57. The Bertz CT molecular complexity index is 816. The maximum Gasteiger partial charge on any atom is 0.338 e. The van der Waals surface area contributed by atoms with Crippen molar-refractivity contribution in [3.05, 3.63) is 47.5 Å². The number of anilines is 1. The van der Waals surface area contributed by atoms with Crippen molar-refractivity contribution >= 4 is 17.6 Å². The van der Waals surface area contributed by atoms with Crippen molar-refractivity contribution in [2.45, 2.75) is 6.92 Å². The van der Waals surface area contributed by atoms with Gasteiger partial charge in [0.05, 0.1) is 12.7 Å². The van der Waals surface area contributed by atoms with E-state index in [0.717, 1.165) is 5.56 Å². The number of hydrogen-bond acceptors (Lipinski definition) is 6. The Morgan fingerprint density at radius 3 is 2.73 bits per heavy atom. The molecule has 7 nitrogen and oxygen atoms in total. The van der Waals surface area contributed by atoms with Crippen LogP contribution in [0, 0.1) is 6.92 Å². The molecule has 7 heteroatoms. The van der Waals surface area contributed by atoms with Crippen LogP contribution in [-0.2, 0) is 9.53 Å². The number of rotatable bonds is 5. The number of amides is 1. The van der Waals surface area contributed by atoms with Gasteiger partial charge >= 0.3 is 5.97 Å². The van der Waals surface area contributed by atoms with Crippen molar-refractivity contribution < 1.29 is 28.5 Å². The van der Waals surface area contributed by atoms with E-state index in [1.54, 1.807) is 6.07 Å². The van der Waals surface area contributed by atoms with Crippen LogP contribution in [0.1, 0.15) is 15.9 Å². The Hall–Kier alpha value is -3.22. The van der Waals surface area contributed by atoms with Gasteiger partial charge < -0.3 is 24.3 Å². The molecule has 0 radical (unpaired) electrons. The van der Waals surface area contributed by atoms with Crippen LogP contribution in [0.4, 0.5) is 5.69 Å². The molecule has 1 heterocycles. The molecule has 136 valence electrons. The van der Waals surface area contributed by atoms with E-state index < -0.39 is 18.5 Å². The fraction of sp³-hybridized carbons (Fsp3) is 0.263. The van der Waals surface area contributed by atoms with Crippen LogP contribution in [0.3, 0.4) is 0 Å². The number of hydrogen-bond donors (Lipinski definition) is 1. The summed E-state index contributed by atoms with van der Waals surface area (Å²) >= 11 is 0. The molecule has 2 aromatic rings. The first kappa shape index (κ1) is 17.6. The molecule has 1 aliphatic heterocycles. The normalized spacial score (nSPS) is 12.2. The highest BCUT2D eigenvalue weighted by Crippen LogP contribution is 2.40. The van der Waals surface area contributed by atoms with Crippen LogP contribution < -0.4 is 19.5 Å². The first-order chi connectivity index (χ1) is 12.6. The van der Waals surface area contributed by atoms with Crippen molar-refractivity contribution in [1.82, 2.24) is 0 Å². The lowest BCUT2D eigenvalue weighted by atomic mass is 10.1. The van der Waals surface area contributed by atoms with Crippen molar-refractivity contribution in [3.63, 3.8) is 0 Å². The fourth-order valence-electron chi connectivity index (χ4n) is 2.53. The van der Waals surface area contributed by atoms with Crippen molar-refractivity contribution in [1.29, 1.82) is 0 Å². The SMILES string of the molecule is COc1cc(C(=O)OCC(=O)Nc2cccc(C)c2)cc2c1OCCO2. The summed E-state index contributed by atoms with van der Waals surface area (Å²) in [6.07, 6.45) is 0. The van der Waals surface area contributed by atoms with Gasteiger partial charge in [-0.25, -0.2) is 4.79 Å². The Balaban J connectivity index is 1.63. The Morgan fingerprint density at radius 2 is 1.96 bits per heavy atom. The van der Waals surface area contributed by atoms with Gasteiger partial charge in [-0.15, -0.1) is 0 Å². The summed E-state index contributed by atoms with van der Waals surface area (Å²) < 4.78 is 21.3. The van der Waals surface area contributed by atoms with Gasteiger partial charge in [0.25, 0.3) is 5.91 Å². The van der Waals surface area contributed by atoms with Crippen molar-refractivity contribution in [2.75, 3.05) is 32.2 Å². The first-order valence-corrected chi connectivity index (χ1v) is 8.08.